The van der Waals surface area contributed by atoms with Crippen molar-refractivity contribution in [3.05, 3.63) is 0 Å². The van der Waals surface area contributed by atoms with Gasteiger partial charge in [-0.05, 0) is 13.8 Å². The summed E-state index contributed by atoms with van der Waals surface area (Å²) in [5.41, 5.74) is 0. The molecule has 0 unspecified atom stereocenters. The van der Waals surface area contributed by atoms with E-state index < -0.39 is 0 Å². The maximum atomic E-state index is 11.6. The molecular weight excluding hydrogens is 218 g/mol. The number of hydrogen-bond donors (Lipinski definition) is 0. The Kier molecular flexibility index (Phi) is 5.55. The summed E-state index contributed by atoms with van der Waals surface area (Å²) in [6, 6.07) is 0.303. The van der Waals surface area contributed by atoms with E-state index in [2.05, 4.69) is 15.9 Å². The quantitative estimate of drug-likeness (QED) is 0.686. The summed E-state index contributed by atoms with van der Waals surface area (Å²) in [5.74, 6) is 0.343. The largest absolute Gasteiger partial charge is 0.339 e. The molecule has 0 saturated heterocycles. The maximum absolute atomic E-state index is 11.6. The number of halogens is 1. The lowest BCUT2D eigenvalue weighted by atomic mass is 10.1. The van der Waals surface area contributed by atoms with E-state index in [1.165, 1.54) is 0 Å². The molecule has 0 radical (unpaired) electrons. The summed E-state index contributed by atoms with van der Waals surface area (Å²) < 4.78 is 0. The zero-order valence-electron chi connectivity index (χ0n) is 8.30. The van der Waals surface area contributed by atoms with Gasteiger partial charge in [0, 0.05) is 23.8 Å². The van der Waals surface area contributed by atoms with Gasteiger partial charge in [-0.15, -0.1) is 0 Å². The molecule has 0 aliphatic carbocycles. The molecule has 0 fully saturated rings. The first-order valence-electron chi connectivity index (χ1n) is 4.37. The highest BCUT2D eigenvalue weighted by Gasteiger charge is 2.18. The average molecular weight is 236 g/mol. The average Bonchev–Trinajstić information content (AvgIpc) is 1.98. The number of amides is 1. The summed E-state index contributed by atoms with van der Waals surface area (Å²) in [5, 5.41) is 0.851. The second-order valence-corrected chi connectivity index (χ2v) is 4.26. The molecule has 0 rings (SSSR count). The summed E-state index contributed by atoms with van der Waals surface area (Å²) >= 11 is 3.34. The van der Waals surface area contributed by atoms with Crippen molar-refractivity contribution in [1.29, 1.82) is 0 Å². The van der Waals surface area contributed by atoms with Gasteiger partial charge in [0.2, 0.25) is 5.91 Å². The predicted octanol–water partition coefficient (Wildman–Crippen LogP) is 2.27. The van der Waals surface area contributed by atoms with Crippen molar-refractivity contribution >= 4 is 21.8 Å². The molecule has 0 aliphatic rings. The van der Waals surface area contributed by atoms with Crippen molar-refractivity contribution in [3.63, 3.8) is 0 Å². The fourth-order valence-corrected chi connectivity index (χ4v) is 1.43. The fraction of sp³-hybridized carbons (Fsp3) is 0.889. The number of alkyl halides is 1. The molecular formula is C9H18BrNO. The molecule has 0 aromatic carbocycles. The Hall–Kier alpha value is -0.0500. The van der Waals surface area contributed by atoms with Crippen LogP contribution in [0.4, 0.5) is 0 Å². The van der Waals surface area contributed by atoms with E-state index in [0.717, 1.165) is 11.9 Å². The summed E-state index contributed by atoms with van der Waals surface area (Å²) in [6.45, 7) is 8.76. The summed E-state index contributed by atoms with van der Waals surface area (Å²) in [6.07, 6.45) is 0. The molecule has 0 heterocycles. The minimum Gasteiger partial charge on any atom is -0.339 e. The van der Waals surface area contributed by atoms with Crippen molar-refractivity contribution in [1.82, 2.24) is 4.90 Å². The van der Waals surface area contributed by atoms with Gasteiger partial charge in [-0.25, -0.2) is 0 Å². The van der Waals surface area contributed by atoms with Gasteiger partial charge in [0.25, 0.3) is 0 Å². The fourth-order valence-electron chi connectivity index (χ4n) is 1.05. The van der Waals surface area contributed by atoms with Crippen LogP contribution in [0.15, 0.2) is 0 Å². The number of rotatable bonds is 4. The standard InChI is InChI=1S/C9H18BrNO/c1-7(2)9(12)11(6-5-10)8(3)4/h7-8H,5-6H2,1-4H3. The molecule has 1 amide bonds. The summed E-state index contributed by atoms with van der Waals surface area (Å²) in [4.78, 5) is 13.5. The van der Waals surface area contributed by atoms with Gasteiger partial charge < -0.3 is 4.90 Å². The first kappa shape index (κ1) is 11.9. The van der Waals surface area contributed by atoms with Crippen LogP contribution in [0, 0.1) is 5.92 Å². The minimum atomic E-state index is 0.103. The van der Waals surface area contributed by atoms with Crippen molar-refractivity contribution in [2.45, 2.75) is 33.7 Å². The molecule has 0 saturated carbocycles. The third-order valence-electron chi connectivity index (χ3n) is 1.73. The normalized spacial score (nSPS) is 10.9. The van der Waals surface area contributed by atoms with E-state index >= 15 is 0 Å². The van der Waals surface area contributed by atoms with Crippen LogP contribution in [0.2, 0.25) is 0 Å². The Morgan fingerprint density at radius 2 is 1.83 bits per heavy atom. The number of carbonyl (C=O) groups is 1. The second kappa shape index (κ2) is 5.57. The molecule has 0 bridgehead atoms. The predicted molar refractivity (Wildman–Crippen MR) is 55.5 cm³/mol. The molecule has 72 valence electrons. The van der Waals surface area contributed by atoms with Gasteiger partial charge in [0.05, 0.1) is 0 Å². The zero-order chi connectivity index (χ0) is 9.72. The summed E-state index contributed by atoms with van der Waals surface area (Å²) in [7, 11) is 0. The minimum absolute atomic E-state index is 0.103. The van der Waals surface area contributed by atoms with Gasteiger partial charge in [-0.2, -0.15) is 0 Å². The Balaban J connectivity index is 4.19. The third kappa shape index (κ3) is 3.57. The van der Waals surface area contributed by atoms with E-state index in [0.29, 0.717) is 6.04 Å². The molecule has 12 heavy (non-hydrogen) atoms. The van der Waals surface area contributed by atoms with E-state index in [-0.39, 0.29) is 11.8 Å². The van der Waals surface area contributed by atoms with Crippen molar-refractivity contribution in [3.8, 4) is 0 Å². The lowest BCUT2D eigenvalue weighted by Gasteiger charge is -2.27. The number of nitrogens with zero attached hydrogens (tertiary/aromatic N) is 1. The first-order valence-corrected chi connectivity index (χ1v) is 5.49. The number of hydrogen-bond acceptors (Lipinski definition) is 1. The van der Waals surface area contributed by atoms with Gasteiger partial charge >= 0.3 is 0 Å². The third-order valence-corrected chi connectivity index (χ3v) is 2.08. The lowest BCUT2D eigenvalue weighted by Crippen LogP contribution is -2.40. The van der Waals surface area contributed by atoms with Crippen LogP contribution in [-0.2, 0) is 4.79 Å². The van der Waals surface area contributed by atoms with Crippen LogP contribution in [0.1, 0.15) is 27.7 Å². The molecule has 0 spiro atoms. The maximum Gasteiger partial charge on any atom is 0.225 e. The van der Waals surface area contributed by atoms with Crippen LogP contribution < -0.4 is 0 Å². The Morgan fingerprint density at radius 3 is 2.08 bits per heavy atom. The Labute approximate surface area is 83.4 Å². The number of carbonyl (C=O) groups excluding carboxylic acids is 1. The first-order chi connectivity index (χ1) is 5.50. The van der Waals surface area contributed by atoms with Crippen LogP contribution >= 0.6 is 15.9 Å². The van der Waals surface area contributed by atoms with Crippen LogP contribution in [0.5, 0.6) is 0 Å². The SMILES string of the molecule is CC(C)C(=O)N(CCBr)C(C)C. The van der Waals surface area contributed by atoms with Crippen molar-refractivity contribution in [2.75, 3.05) is 11.9 Å². The zero-order valence-corrected chi connectivity index (χ0v) is 9.89. The smallest absolute Gasteiger partial charge is 0.225 e. The van der Waals surface area contributed by atoms with Crippen molar-refractivity contribution < 1.29 is 4.79 Å². The van der Waals surface area contributed by atoms with Gasteiger partial charge in [0.1, 0.15) is 0 Å². The van der Waals surface area contributed by atoms with Crippen LogP contribution in [0.25, 0.3) is 0 Å². The Morgan fingerprint density at radius 1 is 1.33 bits per heavy atom. The van der Waals surface area contributed by atoms with E-state index in [1.54, 1.807) is 0 Å². The van der Waals surface area contributed by atoms with E-state index in [9.17, 15) is 4.79 Å². The van der Waals surface area contributed by atoms with Gasteiger partial charge in [0.15, 0.2) is 0 Å². The molecule has 0 aromatic rings. The highest BCUT2D eigenvalue weighted by atomic mass is 79.9. The van der Waals surface area contributed by atoms with E-state index in [1.807, 2.05) is 32.6 Å². The second-order valence-electron chi connectivity index (χ2n) is 3.47. The van der Waals surface area contributed by atoms with Crippen LogP contribution in [-0.4, -0.2) is 28.7 Å². The van der Waals surface area contributed by atoms with Gasteiger partial charge in [-0.3, -0.25) is 4.79 Å². The topological polar surface area (TPSA) is 20.3 Å². The highest BCUT2D eigenvalue weighted by molar-refractivity contribution is 9.09. The van der Waals surface area contributed by atoms with Crippen molar-refractivity contribution in [2.24, 2.45) is 5.92 Å². The lowest BCUT2D eigenvalue weighted by molar-refractivity contribution is -0.135. The molecule has 0 aliphatic heterocycles. The molecule has 0 aromatic heterocycles. The Bertz CT molecular complexity index is 145. The highest BCUT2D eigenvalue weighted by Crippen LogP contribution is 2.06. The molecule has 0 N–H and O–H groups in total. The molecule has 2 nitrogen and oxygen atoms in total. The van der Waals surface area contributed by atoms with Gasteiger partial charge in [-0.1, -0.05) is 29.8 Å². The molecule has 3 heteroatoms. The molecule has 0 atom stereocenters. The van der Waals surface area contributed by atoms with E-state index in [4.69, 9.17) is 0 Å². The monoisotopic (exact) mass is 235 g/mol. The van der Waals surface area contributed by atoms with Crippen LogP contribution in [0.3, 0.4) is 0 Å².